The molecule has 0 aliphatic carbocycles. The lowest BCUT2D eigenvalue weighted by Gasteiger charge is -2.55. The molecule has 0 aromatic rings. The highest BCUT2D eigenvalue weighted by atomic mass is 15.4. The first-order valence-corrected chi connectivity index (χ1v) is 13.1. The fourth-order valence-electron chi connectivity index (χ4n) is 5.87. The molecule has 7 heteroatoms. The van der Waals surface area contributed by atoms with Crippen LogP contribution in [-0.4, -0.2) is 95.0 Å². The summed E-state index contributed by atoms with van der Waals surface area (Å²) < 4.78 is 0. The van der Waals surface area contributed by atoms with Crippen LogP contribution < -0.4 is 5.32 Å². The van der Waals surface area contributed by atoms with Crippen LogP contribution in [-0.2, 0) is 0 Å². The number of guanidine groups is 2. The zero-order chi connectivity index (χ0) is 26.1. The van der Waals surface area contributed by atoms with Crippen molar-refractivity contribution in [3.63, 3.8) is 0 Å². The average molecular weight is 476 g/mol. The third kappa shape index (κ3) is 6.07. The first-order valence-electron chi connectivity index (χ1n) is 13.1. The van der Waals surface area contributed by atoms with Gasteiger partial charge in [0.15, 0.2) is 0 Å². The number of hydrogen-bond acceptors (Lipinski definition) is 3. The molecule has 2 rings (SSSR count). The van der Waals surface area contributed by atoms with E-state index in [0.29, 0.717) is 18.0 Å². The van der Waals surface area contributed by atoms with Gasteiger partial charge in [-0.1, -0.05) is 19.9 Å². The molecule has 0 aromatic heterocycles. The van der Waals surface area contributed by atoms with Crippen molar-refractivity contribution < 1.29 is 0 Å². The van der Waals surface area contributed by atoms with E-state index in [9.17, 15) is 0 Å². The normalized spacial score (nSPS) is 25.3. The van der Waals surface area contributed by atoms with Crippen LogP contribution in [0.4, 0.5) is 0 Å². The van der Waals surface area contributed by atoms with E-state index in [1.165, 1.54) is 0 Å². The van der Waals surface area contributed by atoms with Crippen molar-refractivity contribution in [1.29, 1.82) is 5.41 Å². The molecule has 0 aromatic carbocycles. The molecule has 0 amide bonds. The highest BCUT2D eigenvalue weighted by Crippen LogP contribution is 2.39. The lowest BCUT2D eigenvalue weighted by atomic mass is 9.77. The van der Waals surface area contributed by atoms with Crippen LogP contribution in [0.5, 0.6) is 0 Å². The third-order valence-electron chi connectivity index (χ3n) is 8.66. The zero-order valence-electron chi connectivity index (χ0n) is 24.0. The van der Waals surface area contributed by atoms with E-state index < -0.39 is 0 Å². The fraction of sp³-hybridized carbons (Fsp3) is 0.852. The van der Waals surface area contributed by atoms with Crippen LogP contribution in [0, 0.1) is 5.41 Å². The van der Waals surface area contributed by atoms with Crippen molar-refractivity contribution in [3.05, 3.63) is 12.3 Å². The maximum absolute atomic E-state index is 9.09. The van der Waals surface area contributed by atoms with Gasteiger partial charge in [0.25, 0.3) is 0 Å². The molecule has 2 aliphatic rings. The van der Waals surface area contributed by atoms with Gasteiger partial charge >= 0.3 is 0 Å². The van der Waals surface area contributed by atoms with Crippen molar-refractivity contribution in [2.24, 2.45) is 4.99 Å². The van der Waals surface area contributed by atoms with Crippen molar-refractivity contribution >= 4 is 11.9 Å². The van der Waals surface area contributed by atoms with E-state index in [-0.39, 0.29) is 16.6 Å². The second-order valence-electron chi connectivity index (χ2n) is 12.4. The Balaban J connectivity index is 2.30. The molecule has 196 valence electrons. The molecule has 0 radical (unpaired) electrons. The Kier molecular flexibility index (Phi) is 8.77. The van der Waals surface area contributed by atoms with Gasteiger partial charge in [0.05, 0.1) is 0 Å². The number of unbranched alkanes of at least 4 members (excludes halogenated alkanes) is 1. The van der Waals surface area contributed by atoms with Crippen LogP contribution in [0.2, 0.25) is 0 Å². The SMILES string of the molecule is C=C1CC(N(C)/C(=N/C(=N)N(CCCC)C2CC(C)(C)N(C)C(C)(C)C2)NC)CC(C)(C)N1C. The Hall–Kier alpha value is -1.76. The predicted octanol–water partition coefficient (Wildman–Crippen LogP) is 4.57. The molecule has 0 bridgehead atoms. The van der Waals surface area contributed by atoms with Crippen molar-refractivity contribution in [2.45, 2.75) is 116 Å². The summed E-state index contributed by atoms with van der Waals surface area (Å²) in [6, 6.07) is 0.595. The standard InChI is InChI=1S/C27H53N7/c1-13-14-15-34(22-18-26(5,6)33(12)27(7,8)19-22)23(28)30-24(29-9)31(10)21-16-20(2)32(11)25(3,4)17-21/h21-22H,2,13-19H2,1,3-12H3,(H2,28,29,30). The number of aliphatic imine (C=N–C) groups is 1. The molecule has 34 heavy (non-hydrogen) atoms. The van der Waals surface area contributed by atoms with Gasteiger partial charge in [-0.2, -0.15) is 4.99 Å². The lowest BCUT2D eigenvalue weighted by Crippen LogP contribution is -2.63. The van der Waals surface area contributed by atoms with Gasteiger partial charge in [-0.05, 0) is 74.3 Å². The number of piperidine rings is 2. The minimum atomic E-state index is 0.0407. The maximum atomic E-state index is 9.09. The summed E-state index contributed by atoms with van der Waals surface area (Å²) >= 11 is 0. The Labute approximate surface area is 210 Å². The summed E-state index contributed by atoms with van der Waals surface area (Å²) in [5.74, 6) is 1.13. The Bertz CT molecular complexity index is 749. The van der Waals surface area contributed by atoms with E-state index in [1.807, 2.05) is 7.05 Å². The van der Waals surface area contributed by atoms with E-state index in [2.05, 4.69) is 101 Å². The first-order chi connectivity index (χ1) is 15.6. The van der Waals surface area contributed by atoms with Crippen LogP contribution in [0.25, 0.3) is 0 Å². The van der Waals surface area contributed by atoms with Gasteiger partial charge in [0.1, 0.15) is 0 Å². The van der Waals surface area contributed by atoms with Crippen molar-refractivity contribution in [1.82, 2.24) is 24.9 Å². The monoisotopic (exact) mass is 475 g/mol. The number of rotatable bonds is 5. The minimum absolute atomic E-state index is 0.0407. The summed E-state index contributed by atoms with van der Waals surface area (Å²) in [6.07, 6.45) is 6.16. The van der Waals surface area contributed by atoms with E-state index in [1.54, 1.807) is 0 Å². The van der Waals surface area contributed by atoms with Crippen molar-refractivity contribution in [3.8, 4) is 0 Å². The number of hydrogen-bond donors (Lipinski definition) is 2. The molecule has 2 fully saturated rings. The van der Waals surface area contributed by atoms with Gasteiger partial charge in [0.2, 0.25) is 11.9 Å². The van der Waals surface area contributed by atoms with Crippen molar-refractivity contribution in [2.75, 3.05) is 34.7 Å². The molecule has 2 saturated heterocycles. The van der Waals surface area contributed by atoms with Crippen LogP contribution >= 0.6 is 0 Å². The summed E-state index contributed by atoms with van der Waals surface area (Å²) in [5.41, 5.74) is 1.34. The Morgan fingerprint density at radius 3 is 2.06 bits per heavy atom. The van der Waals surface area contributed by atoms with Gasteiger partial charge < -0.3 is 20.0 Å². The van der Waals surface area contributed by atoms with Crippen LogP contribution in [0.15, 0.2) is 17.3 Å². The molecule has 0 saturated carbocycles. The van der Waals surface area contributed by atoms with E-state index in [4.69, 9.17) is 10.4 Å². The average Bonchev–Trinajstić information content (AvgIpc) is 2.73. The largest absolute Gasteiger partial charge is 0.373 e. The second-order valence-corrected chi connectivity index (χ2v) is 12.4. The predicted molar refractivity (Wildman–Crippen MR) is 147 cm³/mol. The second kappa shape index (κ2) is 10.5. The molecule has 1 atom stereocenters. The van der Waals surface area contributed by atoms with Gasteiger partial charge in [-0.3, -0.25) is 10.3 Å². The van der Waals surface area contributed by atoms with E-state index in [0.717, 1.165) is 56.7 Å². The molecule has 2 aliphatic heterocycles. The summed E-state index contributed by atoms with van der Waals surface area (Å²) in [7, 11) is 8.38. The molecular weight excluding hydrogens is 422 g/mol. The zero-order valence-corrected chi connectivity index (χ0v) is 24.0. The maximum Gasteiger partial charge on any atom is 0.221 e. The fourth-order valence-corrected chi connectivity index (χ4v) is 5.87. The summed E-state index contributed by atoms with van der Waals surface area (Å²) in [4.78, 5) is 14.2. The topological polar surface area (TPSA) is 61.2 Å². The molecular formula is C27H53N7. The quantitative estimate of drug-likeness (QED) is 0.451. The summed E-state index contributed by atoms with van der Waals surface area (Å²) in [5, 5.41) is 12.4. The van der Waals surface area contributed by atoms with Gasteiger partial charge in [-0.15, -0.1) is 0 Å². The summed E-state index contributed by atoms with van der Waals surface area (Å²) in [6.45, 7) is 21.2. The number of nitrogens with zero attached hydrogens (tertiary/aromatic N) is 5. The highest BCUT2D eigenvalue weighted by molar-refractivity contribution is 5.93. The molecule has 0 spiro atoms. The lowest BCUT2D eigenvalue weighted by molar-refractivity contribution is -0.0350. The van der Waals surface area contributed by atoms with Crippen LogP contribution in [0.1, 0.15) is 87.0 Å². The molecule has 1 unspecified atom stereocenters. The number of likely N-dealkylation sites (tertiary alicyclic amines) is 2. The molecule has 7 nitrogen and oxygen atoms in total. The molecule has 2 heterocycles. The third-order valence-corrected chi connectivity index (χ3v) is 8.66. The highest BCUT2D eigenvalue weighted by Gasteiger charge is 2.45. The van der Waals surface area contributed by atoms with E-state index >= 15 is 0 Å². The van der Waals surface area contributed by atoms with Crippen LogP contribution in [0.3, 0.4) is 0 Å². The van der Waals surface area contributed by atoms with Gasteiger partial charge in [0, 0.05) is 68.5 Å². The Morgan fingerprint density at radius 2 is 1.59 bits per heavy atom. The smallest absolute Gasteiger partial charge is 0.221 e. The van der Waals surface area contributed by atoms with Gasteiger partial charge in [-0.25, -0.2) is 0 Å². The minimum Gasteiger partial charge on any atom is -0.373 e. The Morgan fingerprint density at radius 1 is 1.06 bits per heavy atom. The first kappa shape index (κ1) is 28.5. The number of nitrogens with one attached hydrogen (secondary N) is 2. The molecule has 2 N–H and O–H groups in total.